The molecule has 0 unspecified atom stereocenters. The summed E-state index contributed by atoms with van der Waals surface area (Å²) in [5.41, 5.74) is 1.28. The first-order chi connectivity index (χ1) is 7.75. The molecule has 0 amide bonds. The summed E-state index contributed by atoms with van der Waals surface area (Å²) in [5, 5.41) is 17.2. The van der Waals surface area contributed by atoms with Crippen LogP contribution in [0.5, 0.6) is 0 Å². The number of benzene rings is 1. The van der Waals surface area contributed by atoms with Gasteiger partial charge in [-0.05, 0) is 12.0 Å². The second-order valence-corrected chi connectivity index (χ2v) is 3.98. The van der Waals surface area contributed by atoms with E-state index in [0.717, 1.165) is 31.6 Å². The molecule has 0 spiro atoms. The quantitative estimate of drug-likeness (QED) is 0.582. The van der Waals surface area contributed by atoms with Gasteiger partial charge in [0.25, 0.3) is 5.69 Å². The molecule has 1 aliphatic rings. The zero-order chi connectivity index (χ0) is 11.4. The number of hydrogen-bond acceptors (Lipinski definition) is 4. The van der Waals surface area contributed by atoms with Crippen molar-refractivity contribution in [3.05, 3.63) is 39.9 Å². The number of piperazine rings is 1. The third kappa shape index (κ3) is 2.77. The summed E-state index contributed by atoms with van der Waals surface area (Å²) in [6.45, 7) is 2.95. The fourth-order valence-electron chi connectivity index (χ4n) is 1.90. The maximum Gasteiger partial charge on any atom is 0.269 e. The molecule has 1 aliphatic heterocycles. The van der Waals surface area contributed by atoms with E-state index < -0.39 is 0 Å². The SMILES string of the molecule is O=[N+]([O-])c1ccc(C[C@@H]2CNCCN2)cc1. The summed E-state index contributed by atoms with van der Waals surface area (Å²) in [6.07, 6.45) is 0.908. The van der Waals surface area contributed by atoms with Crippen molar-refractivity contribution in [1.29, 1.82) is 0 Å². The predicted molar refractivity (Wildman–Crippen MR) is 61.5 cm³/mol. The monoisotopic (exact) mass is 221 g/mol. The molecule has 0 bridgehead atoms. The lowest BCUT2D eigenvalue weighted by atomic mass is 10.0. The van der Waals surface area contributed by atoms with Crippen LogP contribution in [0.2, 0.25) is 0 Å². The second kappa shape index (κ2) is 5.05. The lowest BCUT2D eigenvalue weighted by Gasteiger charge is -2.24. The Bertz CT molecular complexity index is 358. The first-order valence-electron chi connectivity index (χ1n) is 5.43. The summed E-state index contributed by atoms with van der Waals surface area (Å²) < 4.78 is 0. The molecule has 16 heavy (non-hydrogen) atoms. The first kappa shape index (κ1) is 11.0. The number of hydrogen-bond donors (Lipinski definition) is 2. The molecule has 5 heteroatoms. The number of nitro benzene ring substituents is 1. The van der Waals surface area contributed by atoms with Crippen LogP contribution < -0.4 is 10.6 Å². The Morgan fingerprint density at radius 2 is 2.06 bits per heavy atom. The van der Waals surface area contributed by atoms with E-state index in [0.29, 0.717) is 6.04 Å². The number of nitrogens with one attached hydrogen (secondary N) is 2. The fraction of sp³-hybridized carbons (Fsp3) is 0.455. The van der Waals surface area contributed by atoms with Crippen molar-refractivity contribution in [2.24, 2.45) is 0 Å². The lowest BCUT2D eigenvalue weighted by Crippen LogP contribution is -2.49. The molecular formula is C11H15N3O2. The van der Waals surface area contributed by atoms with Crippen molar-refractivity contribution < 1.29 is 4.92 Å². The average molecular weight is 221 g/mol. The Morgan fingerprint density at radius 1 is 1.31 bits per heavy atom. The van der Waals surface area contributed by atoms with E-state index in [1.807, 2.05) is 12.1 Å². The number of nitro groups is 1. The van der Waals surface area contributed by atoms with Gasteiger partial charge in [0.1, 0.15) is 0 Å². The van der Waals surface area contributed by atoms with Gasteiger partial charge in [0.2, 0.25) is 0 Å². The van der Waals surface area contributed by atoms with Gasteiger partial charge in [-0.25, -0.2) is 0 Å². The summed E-state index contributed by atoms with van der Waals surface area (Å²) >= 11 is 0. The number of nitrogens with zero attached hydrogens (tertiary/aromatic N) is 1. The average Bonchev–Trinajstić information content (AvgIpc) is 2.31. The molecule has 1 aromatic rings. The van der Waals surface area contributed by atoms with Gasteiger partial charge < -0.3 is 10.6 Å². The third-order valence-corrected chi connectivity index (χ3v) is 2.75. The predicted octanol–water partition coefficient (Wildman–Crippen LogP) is 0.699. The van der Waals surface area contributed by atoms with Crippen LogP contribution >= 0.6 is 0 Å². The highest BCUT2D eigenvalue weighted by atomic mass is 16.6. The highest BCUT2D eigenvalue weighted by Gasteiger charge is 2.13. The zero-order valence-corrected chi connectivity index (χ0v) is 8.98. The van der Waals surface area contributed by atoms with E-state index in [1.54, 1.807) is 12.1 Å². The van der Waals surface area contributed by atoms with E-state index in [-0.39, 0.29) is 10.6 Å². The Kier molecular flexibility index (Phi) is 3.48. The van der Waals surface area contributed by atoms with Crippen LogP contribution in [0.3, 0.4) is 0 Å². The normalized spacial score (nSPS) is 20.6. The summed E-state index contributed by atoms with van der Waals surface area (Å²) in [5.74, 6) is 0. The highest BCUT2D eigenvalue weighted by molar-refractivity contribution is 5.33. The van der Waals surface area contributed by atoms with Gasteiger partial charge in [0.15, 0.2) is 0 Å². The summed E-state index contributed by atoms with van der Waals surface area (Å²) in [7, 11) is 0. The van der Waals surface area contributed by atoms with Crippen LogP contribution in [-0.4, -0.2) is 30.6 Å². The van der Waals surface area contributed by atoms with Crippen molar-refractivity contribution in [1.82, 2.24) is 10.6 Å². The zero-order valence-electron chi connectivity index (χ0n) is 8.98. The van der Waals surface area contributed by atoms with Crippen molar-refractivity contribution in [3.8, 4) is 0 Å². The second-order valence-electron chi connectivity index (χ2n) is 3.98. The third-order valence-electron chi connectivity index (χ3n) is 2.75. The molecule has 1 atom stereocenters. The Hall–Kier alpha value is -1.46. The maximum absolute atomic E-state index is 10.5. The van der Waals surface area contributed by atoms with E-state index in [2.05, 4.69) is 10.6 Å². The largest absolute Gasteiger partial charge is 0.314 e. The molecular weight excluding hydrogens is 206 g/mol. The summed E-state index contributed by atoms with van der Waals surface area (Å²) in [4.78, 5) is 10.1. The molecule has 0 radical (unpaired) electrons. The van der Waals surface area contributed by atoms with E-state index in [9.17, 15) is 10.1 Å². The molecule has 1 fully saturated rings. The Morgan fingerprint density at radius 3 is 2.62 bits per heavy atom. The molecule has 1 aromatic carbocycles. The molecule has 1 heterocycles. The lowest BCUT2D eigenvalue weighted by molar-refractivity contribution is -0.384. The minimum Gasteiger partial charge on any atom is -0.314 e. The molecule has 5 nitrogen and oxygen atoms in total. The molecule has 2 N–H and O–H groups in total. The van der Waals surface area contributed by atoms with E-state index in [1.165, 1.54) is 0 Å². The Labute approximate surface area is 94.0 Å². The summed E-state index contributed by atoms with van der Waals surface area (Å²) in [6, 6.07) is 7.20. The van der Waals surface area contributed by atoms with Gasteiger partial charge in [-0.3, -0.25) is 10.1 Å². The minimum absolute atomic E-state index is 0.151. The Balaban J connectivity index is 1.96. The molecule has 2 rings (SSSR count). The minimum atomic E-state index is -0.371. The smallest absolute Gasteiger partial charge is 0.269 e. The maximum atomic E-state index is 10.5. The first-order valence-corrected chi connectivity index (χ1v) is 5.43. The van der Waals surface area contributed by atoms with Crippen LogP contribution in [0, 0.1) is 10.1 Å². The van der Waals surface area contributed by atoms with Gasteiger partial charge in [-0.2, -0.15) is 0 Å². The van der Waals surface area contributed by atoms with Gasteiger partial charge in [-0.15, -0.1) is 0 Å². The molecule has 0 aromatic heterocycles. The molecule has 0 aliphatic carbocycles. The van der Waals surface area contributed by atoms with Crippen molar-refractivity contribution >= 4 is 5.69 Å². The number of non-ortho nitro benzene ring substituents is 1. The van der Waals surface area contributed by atoms with Gasteiger partial charge >= 0.3 is 0 Å². The molecule has 0 saturated carbocycles. The van der Waals surface area contributed by atoms with Crippen LogP contribution in [0.25, 0.3) is 0 Å². The molecule has 86 valence electrons. The topological polar surface area (TPSA) is 67.2 Å². The highest BCUT2D eigenvalue weighted by Crippen LogP contribution is 2.13. The van der Waals surface area contributed by atoms with Crippen molar-refractivity contribution in [2.45, 2.75) is 12.5 Å². The van der Waals surface area contributed by atoms with E-state index >= 15 is 0 Å². The van der Waals surface area contributed by atoms with Crippen LogP contribution in [0.4, 0.5) is 5.69 Å². The van der Waals surface area contributed by atoms with Crippen molar-refractivity contribution in [3.63, 3.8) is 0 Å². The number of rotatable bonds is 3. The van der Waals surface area contributed by atoms with Crippen LogP contribution in [0.15, 0.2) is 24.3 Å². The van der Waals surface area contributed by atoms with Crippen molar-refractivity contribution in [2.75, 3.05) is 19.6 Å². The van der Waals surface area contributed by atoms with Crippen LogP contribution in [0.1, 0.15) is 5.56 Å². The van der Waals surface area contributed by atoms with E-state index in [4.69, 9.17) is 0 Å². The van der Waals surface area contributed by atoms with Gasteiger partial charge in [0.05, 0.1) is 4.92 Å². The molecule has 1 saturated heterocycles. The van der Waals surface area contributed by atoms with Gasteiger partial charge in [0, 0.05) is 37.8 Å². The standard InChI is InChI=1S/C11H15N3O2/c15-14(16)11-3-1-9(2-4-11)7-10-8-12-5-6-13-10/h1-4,10,12-13H,5-8H2/t10-/m1/s1. The van der Waals surface area contributed by atoms with Gasteiger partial charge in [-0.1, -0.05) is 12.1 Å². The van der Waals surface area contributed by atoms with Crippen LogP contribution in [-0.2, 0) is 6.42 Å². The fourth-order valence-corrected chi connectivity index (χ4v) is 1.90.